The Kier molecular flexibility index (Phi) is 6.09. The molecule has 6 nitrogen and oxygen atoms in total. The molecule has 1 aliphatic rings. The standard InChI is InChI=1S/C27H29FN4O2S/c1-17-12-23-30-22(25-29-15-20(35-25)13-18-4-6-19(28)7-5-18)16-32(23)26(21(17)14-24(33)34)31-10-8-27(2,3)9-11-31/h4-7,12,15-16H,8-11,13-14H2,1-3H3,(H,33,34). The lowest BCUT2D eigenvalue weighted by Gasteiger charge is -2.39. The summed E-state index contributed by atoms with van der Waals surface area (Å²) in [5.74, 6) is -0.148. The number of carbonyl (C=O) groups is 1. The third-order valence-corrected chi connectivity index (χ3v) is 7.88. The first kappa shape index (κ1) is 23.5. The van der Waals surface area contributed by atoms with Gasteiger partial charge in [-0.15, -0.1) is 11.3 Å². The lowest BCUT2D eigenvalue weighted by molar-refractivity contribution is -0.136. The Hall–Kier alpha value is -3.26. The third-order valence-electron chi connectivity index (χ3n) is 6.86. The number of hydrogen-bond donors (Lipinski definition) is 1. The number of benzene rings is 1. The van der Waals surface area contributed by atoms with Gasteiger partial charge in [-0.1, -0.05) is 26.0 Å². The van der Waals surface area contributed by atoms with E-state index in [4.69, 9.17) is 4.98 Å². The molecular weight excluding hydrogens is 463 g/mol. The second-order valence-corrected chi connectivity index (χ2v) is 11.3. The maximum Gasteiger partial charge on any atom is 0.307 e. The monoisotopic (exact) mass is 492 g/mol. The number of anilines is 1. The van der Waals surface area contributed by atoms with Gasteiger partial charge >= 0.3 is 5.97 Å². The minimum Gasteiger partial charge on any atom is -0.481 e. The van der Waals surface area contributed by atoms with Crippen LogP contribution in [-0.4, -0.2) is 38.5 Å². The topological polar surface area (TPSA) is 70.7 Å². The normalized spacial score (nSPS) is 15.6. The van der Waals surface area contributed by atoms with Gasteiger partial charge in [-0.3, -0.25) is 9.20 Å². The number of aromatic nitrogens is 3. The first-order chi connectivity index (χ1) is 16.7. The number of aryl methyl sites for hydroxylation is 1. The number of rotatable bonds is 6. The van der Waals surface area contributed by atoms with Crippen molar-refractivity contribution < 1.29 is 14.3 Å². The molecule has 0 radical (unpaired) electrons. The maximum atomic E-state index is 13.2. The first-order valence-electron chi connectivity index (χ1n) is 11.9. The predicted molar refractivity (Wildman–Crippen MR) is 137 cm³/mol. The highest BCUT2D eigenvalue weighted by atomic mass is 32.1. The molecule has 35 heavy (non-hydrogen) atoms. The fraction of sp³-hybridized carbons (Fsp3) is 0.370. The number of aliphatic carboxylic acids is 1. The number of piperidine rings is 1. The second kappa shape index (κ2) is 9.07. The third kappa shape index (κ3) is 4.93. The zero-order valence-corrected chi connectivity index (χ0v) is 21.0. The number of carboxylic acids is 1. The molecule has 1 N–H and O–H groups in total. The molecular formula is C27H29FN4O2S. The maximum absolute atomic E-state index is 13.2. The van der Waals surface area contributed by atoms with Gasteiger partial charge < -0.3 is 10.0 Å². The minimum absolute atomic E-state index is 0.0242. The van der Waals surface area contributed by atoms with Crippen LogP contribution in [0.1, 0.15) is 48.3 Å². The molecule has 0 aliphatic carbocycles. The molecule has 1 fully saturated rings. The molecule has 5 rings (SSSR count). The van der Waals surface area contributed by atoms with Crippen LogP contribution in [0.15, 0.2) is 42.7 Å². The Morgan fingerprint density at radius 1 is 1.20 bits per heavy atom. The smallest absolute Gasteiger partial charge is 0.307 e. The van der Waals surface area contributed by atoms with E-state index in [1.807, 2.05) is 29.8 Å². The van der Waals surface area contributed by atoms with Gasteiger partial charge in [0.2, 0.25) is 0 Å². The Bertz CT molecular complexity index is 1380. The van der Waals surface area contributed by atoms with E-state index < -0.39 is 5.97 Å². The average molecular weight is 493 g/mol. The highest BCUT2D eigenvalue weighted by Gasteiger charge is 2.29. The zero-order chi connectivity index (χ0) is 24.7. The molecule has 1 saturated heterocycles. The molecule has 3 aromatic heterocycles. The summed E-state index contributed by atoms with van der Waals surface area (Å²) in [5.41, 5.74) is 4.65. The molecule has 0 unspecified atom stereocenters. The van der Waals surface area contributed by atoms with Crippen molar-refractivity contribution in [2.24, 2.45) is 5.41 Å². The van der Waals surface area contributed by atoms with Crippen molar-refractivity contribution in [3.63, 3.8) is 0 Å². The van der Waals surface area contributed by atoms with E-state index >= 15 is 0 Å². The summed E-state index contributed by atoms with van der Waals surface area (Å²) in [6.07, 6.45) is 6.59. The van der Waals surface area contributed by atoms with Gasteiger partial charge in [0.25, 0.3) is 0 Å². The molecule has 4 aromatic rings. The van der Waals surface area contributed by atoms with Crippen LogP contribution in [0.2, 0.25) is 0 Å². The molecule has 8 heteroatoms. The van der Waals surface area contributed by atoms with Crippen LogP contribution in [-0.2, 0) is 17.6 Å². The number of nitrogens with zero attached hydrogens (tertiary/aromatic N) is 4. The number of hydrogen-bond acceptors (Lipinski definition) is 5. The van der Waals surface area contributed by atoms with Crippen molar-refractivity contribution >= 4 is 28.8 Å². The van der Waals surface area contributed by atoms with Gasteiger partial charge in [0.15, 0.2) is 0 Å². The Morgan fingerprint density at radius 3 is 2.60 bits per heavy atom. The summed E-state index contributed by atoms with van der Waals surface area (Å²) in [5, 5.41) is 10.4. The van der Waals surface area contributed by atoms with Crippen molar-refractivity contribution in [3.05, 3.63) is 70.1 Å². The summed E-state index contributed by atoms with van der Waals surface area (Å²) in [6, 6.07) is 8.49. The Balaban J connectivity index is 1.52. The van der Waals surface area contributed by atoms with E-state index in [1.165, 1.54) is 12.1 Å². The number of halogens is 1. The molecule has 1 aliphatic heterocycles. The van der Waals surface area contributed by atoms with Gasteiger partial charge in [-0.05, 0) is 54.5 Å². The minimum atomic E-state index is -0.836. The zero-order valence-electron chi connectivity index (χ0n) is 20.2. The number of pyridine rings is 1. The van der Waals surface area contributed by atoms with Crippen molar-refractivity contribution in [1.82, 2.24) is 14.4 Å². The van der Waals surface area contributed by atoms with E-state index in [0.29, 0.717) is 6.42 Å². The summed E-state index contributed by atoms with van der Waals surface area (Å²) < 4.78 is 15.3. The molecule has 0 spiro atoms. The Labute approximate surface area is 208 Å². The van der Waals surface area contributed by atoms with Crippen molar-refractivity contribution in [1.29, 1.82) is 0 Å². The van der Waals surface area contributed by atoms with E-state index in [1.54, 1.807) is 23.5 Å². The van der Waals surface area contributed by atoms with Crippen molar-refractivity contribution in [3.8, 4) is 10.7 Å². The second-order valence-electron chi connectivity index (χ2n) is 10.1. The Morgan fingerprint density at radius 2 is 1.91 bits per heavy atom. The number of fused-ring (bicyclic) bond motifs is 1. The first-order valence-corrected chi connectivity index (χ1v) is 12.7. The lowest BCUT2D eigenvalue weighted by atomic mass is 9.82. The average Bonchev–Trinajstić information content (AvgIpc) is 3.43. The van der Waals surface area contributed by atoms with Crippen LogP contribution < -0.4 is 4.90 Å². The fourth-order valence-electron chi connectivity index (χ4n) is 4.72. The number of thiazole rings is 1. The molecule has 1 aromatic carbocycles. The van der Waals surface area contributed by atoms with Gasteiger partial charge in [0, 0.05) is 42.3 Å². The van der Waals surface area contributed by atoms with Crippen LogP contribution in [0, 0.1) is 18.2 Å². The van der Waals surface area contributed by atoms with Gasteiger partial charge in [-0.2, -0.15) is 0 Å². The number of carboxylic acid groups (broad SMARTS) is 1. The van der Waals surface area contributed by atoms with E-state index in [9.17, 15) is 14.3 Å². The largest absolute Gasteiger partial charge is 0.481 e. The molecule has 182 valence electrons. The summed E-state index contributed by atoms with van der Waals surface area (Å²) in [4.78, 5) is 24.6. The van der Waals surface area contributed by atoms with Crippen LogP contribution in [0.3, 0.4) is 0 Å². The summed E-state index contributed by atoms with van der Waals surface area (Å²) in [7, 11) is 0. The van der Waals surface area contributed by atoms with Crippen LogP contribution in [0.5, 0.6) is 0 Å². The number of imidazole rings is 1. The van der Waals surface area contributed by atoms with Crippen LogP contribution in [0.25, 0.3) is 16.3 Å². The SMILES string of the molecule is Cc1cc2nc(-c3ncc(Cc4ccc(F)cc4)s3)cn2c(N2CCC(C)(C)CC2)c1CC(=O)O. The lowest BCUT2D eigenvalue weighted by Crippen LogP contribution is -2.39. The van der Waals surface area contributed by atoms with Crippen molar-refractivity contribution in [2.75, 3.05) is 18.0 Å². The predicted octanol–water partition coefficient (Wildman–Crippen LogP) is 5.75. The quantitative estimate of drug-likeness (QED) is 0.371. The van der Waals surface area contributed by atoms with E-state index in [-0.39, 0.29) is 17.7 Å². The molecule has 0 amide bonds. The highest BCUT2D eigenvalue weighted by Crippen LogP contribution is 2.36. The molecule has 0 bridgehead atoms. The molecule has 0 atom stereocenters. The molecule has 4 heterocycles. The summed E-state index contributed by atoms with van der Waals surface area (Å²) >= 11 is 1.57. The van der Waals surface area contributed by atoms with Gasteiger partial charge in [0.05, 0.1) is 6.42 Å². The van der Waals surface area contributed by atoms with Crippen LogP contribution in [0.4, 0.5) is 10.2 Å². The van der Waals surface area contributed by atoms with Crippen LogP contribution >= 0.6 is 11.3 Å². The van der Waals surface area contributed by atoms with Crippen molar-refractivity contribution in [2.45, 2.75) is 46.5 Å². The van der Waals surface area contributed by atoms with Gasteiger partial charge in [0.1, 0.15) is 28.0 Å². The highest BCUT2D eigenvalue weighted by molar-refractivity contribution is 7.15. The van der Waals surface area contributed by atoms with Gasteiger partial charge in [-0.25, -0.2) is 14.4 Å². The van der Waals surface area contributed by atoms with E-state index in [0.717, 1.165) is 69.7 Å². The fourth-order valence-corrected chi connectivity index (χ4v) is 5.62. The summed E-state index contributed by atoms with van der Waals surface area (Å²) in [6.45, 7) is 8.30. The molecule has 0 saturated carbocycles. The van der Waals surface area contributed by atoms with E-state index in [2.05, 4.69) is 23.7 Å².